The molecule has 0 aliphatic rings. The third kappa shape index (κ3) is 11.9. The van der Waals surface area contributed by atoms with E-state index in [1.54, 1.807) is 0 Å². The van der Waals surface area contributed by atoms with Gasteiger partial charge in [0, 0.05) is 19.3 Å². The van der Waals surface area contributed by atoms with E-state index in [0.29, 0.717) is 6.42 Å². The van der Waals surface area contributed by atoms with E-state index in [4.69, 9.17) is 0 Å². The summed E-state index contributed by atoms with van der Waals surface area (Å²) in [5, 5.41) is 3.18. The van der Waals surface area contributed by atoms with Gasteiger partial charge in [-0.1, -0.05) is 0 Å². The summed E-state index contributed by atoms with van der Waals surface area (Å²) in [5.41, 5.74) is 0. The number of hydrogen-bond acceptors (Lipinski definition) is 4. The Bertz CT molecular complexity index is 212. The van der Waals surface area contributed by atoms with Crippen LogP contribution in [0.1, 0.15) is 6.42 Å². The van der Waals surface area contributed by atoms with Crippen molar-refractivity contribution in [1.29, 1.82) is 0 Å². The first-order chi connectivity index (χ1) is 5.92. The summed E-state index contributed by atoms with van der Waals surface area (Å²) < 4.78 is 21.5. The molecule has 0 aliphatic heterocycles. The van der Waals surface area contributed by atoms with Crippen LogP contribution in [0, 0.1) is 0 Å². The largest absolute Gasteiger partial charge is 0.315 e. The van der Waals surface area contributed by atoms with Crippen LogP contribution in [0.3, 0.4) is 0 Å². The lowest BCUT2D eigenvalue weighted by Crippen LogP contribution is -2.27. The van der Waals surface area contributed by atoms with E-state index in [1.165, 1.54) is 6.26 Å². The lowest BCUT2D eigenvalue weighted by atomic mass is 10.4. The van der Waals surface area contributed by atoms with Gasteiger partial charge in [-0.25, -0.2) is 8.42 Å². The van der Waals surface area contributed by atoms with Crippen molar-refractivity contribution in [1.82, 2.24) is 10.2 Å². The molecule has 0 amide bonds. The molecule has 13 heavy (non-hydrogen) atoms. The van der Waals surface area contributed by atoms with Crippen molar-refractivity contribution < 1.29 is 8.42 Å². The molecule has 0 aromatic rings. The second-order valence-corrected chi connectivity index (χ2v) is 5.80. The van der Waals surface area contributed by atoms with Crippen LogP contribution in [0.25, 0.3) is 0 Å². The van der Waals surface area contributed by atoms with Crippen LogP contribution in [0.5, 0.6) is 0 Å². The van der Waals surface area contributed by atoms with Crippen LogP contribution >= 0.6 is 0 Å². The molecule has 0 bridgehead atoms. The molecule has 0 aromatic carbocycles. The zero-order chi connectivity index (χ0) is 10.3. The normalized spacial score (nSPS) is 12.3. The number of nitrogens with zero attached hydrogens (tertiary/aromatic N) is 1. The SMILES string of the molecule is CN(C)CCNCCCS(C)(=O)=O. The van der Waals surface area contributed by atoms with Crippen molar-refractivity contribution >= 4 is 9.84 Å². The van der Waals surface area contributed by atoms with Crippen molar-refractivity contribution in [3.05, 3.63) is 0 Å². The highest BCUT2D eigenvalue weighted by Gasteiger charge is 2.00. The molecular weight excluding hydrogens is 188 g/mol. The fraction of sp³-hybridized carbons (Fsp3) is 1.00. The molecule has 0 radical (unpaired) electrons. The predicted molar refractivity (Wildman–Crippen MR) is 55.8 cm³/mol. The zero-order valence-electron chi connectivity index (χ0n) is 8.71. The van der Waals surface area contributed by atoms with Gasteiger partial charge in [0.15, 0.2) is 0 Å². The highest BCUT2D eigenvalue weighted by atomic mass is 32.2. The first-order valence-electron chi connectivity index (χ1n) is 4.45. The smallest absolute Gasteiger partial charge is 0.147 e. The number of nitrogens with one attached hydrogen (secondary N) is 1. The quantitative estimate of drug-likeness (QED) is 0.577. The summed E-state index contributed by atoms with van der Waals surface area (Å²) in [7, 11) is 1.25. The molecular formula is C8H20N2O2S. The van der Waals surface area contributed by atoms with Crippen molar-refractivity contribution in [2.45, 2.75) is 6.42 Å². The summed E-state index contributed by atoms with van der Waals surface area (Å²) >= 11 is 0. The lowest BCUT2D eigenvalue weighted by Gasteiger charge is -2.09. The van der Waals surface area contributed by atoms with Crippen LogP contribution in [0.2, 0.25) is 0 Å². The standard InChI is InChI=1S/C8H20N2O2S/c1-10(2)7-6-9-5-4-8-13(3,11)12/h9H,4-8H2,1-3H3. The Labute approximate surface area is 81.2 Å². The van der Waals surface area contributed by atoms with Gasteiger partial charge in [-0.05, 0) is 27.1 Å². The Balaban J connectivity index is 3.18. The Hall–Kier alpha value is -0.130. The van der Waals surface area contributed by atoms with Crippen LogP contribution < -0.4 is 5.32 Å². The minimum Gasteiger partial charge on any atom is -0.315 e. The molecule has 0 aromatic heterocycles. The fourth-order valence-corrected chi connectivity index (χ4v) is 1.56. The van der Waals surface area contributed by atoms with Gasteiger partial charge in [0.1, 0.15) is 9.84 Å². The zero-order valence-corrected chi connectivity index (χ0v) is 9.52. The Morgan fingerprint density at radius 3 is 2.31 bits per heavy atom. The molecule has 4 nitrogen and oxygen atoms in total. The Kier molecular flexibility index (Phi) is 6.28. The number of rotatable bonds is 7. The van der Waals surface area contributed by atoms with E-state index in [0.717, 1.165) is 19.6 Å². The highest BCUT2D eigenvalue weighted by Crippen LogP contribution is 1.86. The van der Waals surface area contributed by atoms with Gasteiger partial charge >= 0.3 is 0 Å². The molecule has 0 saturated carbocycles. The van der Waals surface area contributed by atoms with Gasteiger partial charge in [-0.3, -0.25) is 0 Å². The number of sulfone groups is 1. The molecule has 0 saturated heterocycles. The summed E-state index contributed by atoms with van der Waals surface area (Å²) in [6.45, 7) is 2.68. The minimum absolute atomic E-state index is 0.280. The molecule has 0 rings (SSSR count). The molecule has 0 spiro atoms. The van der Waals surface area contributed by atoms with Gasteiger partial charge in [0.25, 0.3) is 0 Å². The van der Waals surface area contributed by atoms with Gasteiger partial charge < -0.3 is 10.2 Å². The Morgan fingerprint density at radius 2 is 1.85 bits per heavy atom. The van der Waals surface area contributed by atoms with Crippen molar-refractivity contribution in [2.24, 2.45) is 0 Å². The molecule has 0 atom stereocenters. The fourth-order valence-electron chi connectivity index (χ4n) is 0.887. The van der Waals surface area contributed by atoms with E-state index in [9.17, 15) is 8.42 Å². The molecule has 0 heterocycles. The summed E-state index contributed by atoms with van der Waals surface area (Å²) in [6, 6.07) is 0. The van der Waals surface area contributed by atoms with Crippen LogP contribution in [-0.2, 0) is 9.84 Å². The molecule has 0 aliphatic carbocycles. The van der Waals surface area contributed by atoms with Crippen molar-refractivity contribution in [3.63, 3.8) is 0 Å². The maximum Gasteiger partial charge on any atom is 0.147 e. The molecule has 80 valence electrons. The third-order valence-electron chi connectivity index (χ3n) is 1.60. The maximum absolute atomic E-state index is 10.7. The van der Waals surface area contributed by atoms with E-state index in [-0.39, 0.29) is 5.75 Å². The number of hydrogen-bond donors (Lipinski definition) is 1. The van der Waals surface area contributed by atoms with Gasteiger partial charge in [-0.15, -0.1) is 0 Å². The topological polar surface area (TPSA) is 49.4 Å². The highest BCUT2D eigenvalue weighted by molar-refractivity contribution is 7.90. The summed E-state index contributed by atoms with van der Waals surface area (Å²) in [4.78, 5) is 2.09. The van der Waals surface area contributed by atoms with Crippen LogP contribution in [-0.4, -0.2) is 59.1 Å². The monoisotopic (exact) mass is 208 g/mol. The van der Waals surface area contributed by atoms with Gasteiger partial charge in [-0.2, -0.15) is 0 Å². The average molecular weight is 208 g/mol. The average Bonchev–Trinajstić information content (AvgIpc) is 1.93. The maximum atomic E-state index is 10.7. The van der Waals surface area contributed by atoms with Crippen LogP contribution in [0.4, 0.5) is 0 Å². The molecule has 0 unspecified atom stereocenters. The second kappa shape index (κ2) is 6.34. The van der Waals surface area contributed by atoms with Crippen LogP contribution in [0.15, 0.2) is 0 Å². The first kappa shape index (κ1) is 12.9. The van der Waals surface area contributed by atoms with E-state index >= 15 is 0 Å². The van der Waals surface area contributed by atoms with Gasteiger partial charge in [0.2, 0.25) is 0 Å². The Morgan fingerprint density at radius 1 is 1.23 bits per heavy atom. The van der Waals surface area contributed by atoms with Crippen molar-refractivity contribution in [2.75, 3.05) is 45.7 Å². The predicted octanol–water partition coefficient (Wildman–Crippen LogP) is -0.428. The lowest BCUT2D eigenvalue weighted by molar-refractivity contribution is 0.400. The summed E-state index contributed by atoms with van der Waals surface area (Å²) in [5.74, 6) is 0.280. The third-order valence-corrected chi connectivity index (χ3v) is 2.63. The second-order valence-electron chi connectivity index (χ2n) is 3.54. The van der Waals surface area contributed by atoms with E-state index < -0.39 is 9.84 Å². The van der Waals surface area contributed by atoms with Crippen molar-refractivity contribution in [3.8, 4) is 0 Å². The number of likely N-dealkylation sites (N-methyl/N-ethyl adjacent to an activating group) is 1. The van der Waals surface area contributed by atoms with E-state index in [1.807, 2.05) is 14.1 Å². The summed E-state index contributed by atoms with van der Waals surface area (Å²) in [6.07, 6.45) is 1.97. The van der Waals surface area contributed by atoms with Gasteiger partial charge in [0.05, 0.1) is 5.75 Å². The molecule has 5 heteroatoms. The molecule has 1 N–H and O–H groups in total. The minimum atomic E-state index is -2.78. The first-order valence-corrected chi connectivity index (χ1v) is 6.51. The van der Waals surface area contributed by atoms with E-state index in [2.05, 4.69) is 10.2 Å². The molecule has 0 fully saturated rings.